The standard InChI is InChI=1S/C9H12O5/c1-4-5(2)14-9(3,8(12)13)6(4)7(10)11/h6H,1-3H3,(H,10,11)(H,12,13). The summed E-state index contributed by atoms with van der Waals surface area (Å²) in [4.78, 5) is 21.8. The molecule has 0 spiro atoms. The third-order valence-corrected chi connectivity index (χ3v) is 2.58. The van der Waals surface area contributed by atoms with E-state index >= 15 is 0 Å². The monoisotopic (exact) mass is 200 g/mol. The van der Waals surface area contributed by atoms with Crippen LogP contribution in [0.2, 0.25) is 0 Å². The van der Waals surface area contributed by atoms with Gasteiger partial charge >= 0.3 is 11.9 Å². The van der Waals surface area contributed by atoms with Crippen LogP contribution in [0.3, 0.4) is 0 Å². The maximum atomic E-state index is 10.9. The van der Waals surface area contributed by atoms with Crippen LogP contribution >= 0.6 is 0 Å². The van der Waals surface area contributed by atoms with Gasteiger partial charge < -0.3 is 14.9 Å². The summed E-state index contributed by atoms with van der Waals surface area (Å²) in [6.45, 7) is 4.41. The van der Waals surface area contributed by atoms with E-state index in [0.29, 0.717) is 11.3 Å². The molecule has 0 amide bonds. The molecule has 2 unspecified atom stereocenters. The number of aliphatic carboxylic acids is 2. The second-order valence-corrected chi connectivity index (χ2v) is 3.52. The number of carboxylic acids is 2. The summed E-state index contributed by atoms with van der Waals surface area (Å²) < 4.78 is 5.10. The predicted molar refractivity (Wildman–Crippen MR) is 46.6 cm³/mol. The van der Waals surface area contributed by atoms with Gasteiger partial charge in [-0.1, -0.05) is 0 Å². The molecule has 0 aliphatic carbocycles. The molecular weight excluding hydrogens is 188 g/mol. The Morgan fingerprint density at radius 3 is 2.14 bits per heavy atom. The van der Waals surface area contributed by atoms with Crippen molar-refractivity contribution >= 4 is 11.9 Å². The molecular formula is C9H12O5. The van der Waals surface area contributed by atoms with Gasteiger partial charge in [0.15, 0.2) is 0 Å². The summed E-state index contributed by atoms with van der Waals surface area (Å²) in [5, 5.41) is 17.8. The summed E-state index contributed by atoms with van der Waals surface area (Å²) in [6.07, 6.45) is 0. The van der Waals surface area contributed by atoms with Crippen LogP contribution in [0.5, 0.6) is 0 Å². The second kappa shape index (κ2) is 3.01. The normalized spacial score (nSPS) is 31.5. The minimum atomic E-state index is -1.68. The van der Waals surface area contributed by atoms with Gasteiger partial charge in [-0.3, -0.25) is 4.79 Å². The topological polar surface area (TPSA) is 83.8 Å². The number of carbonyl (C=O) groups is 2. The van der Waals surface area contributed by atoms with Gasteiger partial charge in [-0.2, -0.15) is 0 Å². The lowest BCUT2D eigenvalue weighted by Crippen LogP contribution is -2.45. The summed E-state index contributed by atoms with van der Waals surface area (Å²) in [6, 6.07) is 0. The van der Waals surface area contributed by atoms with Crippen LogP contribution in [0.25, 0.3) is 0 Å². The highest BCUT2D eigenvalue weighted by Gasteiger charge is 2.53. The Morgan fingerprint density at radius 1 is 1.36 bits per heavy atom. The first-order valence-electron chi connectivity index (χ1n) is 4.13. The zero-order valence-corrected chi connectivity index (χ0v) is 8.20. The van der Waals surface area contributed by atoms with E-state index in [1.165, 1.54) is 6.92 Å². The van der Waals surface area contributed by atoms with Crippen molar-refractivity contribution in [3.05, 3.63) is 11.3 Å². The van der Waals surface area contributed by atoms with Gasteiger partial charge in [-0.05, 0) is 26.3 Å². The van der Waals surface area contributed by atoms with E-state index in [4.69, 9.17) is 14.9 Å². The maximum absolute atomic E-state index is 10.9. The van der Waals surface area contributed by atoms with Crippen LogP contribution in [-0.2, 0) is 14.3 Å². The minimum Gasteiger partial charge on any atom is -0.481 e. The maximum Gasteiger partial charge on any atom is 0.349 e. The van der Waals surface area contributed by atoms with E-state index in [-0.39, 0.29) is 0 Å². The second-order valence-electron chi connectivity index (χ2n) is 3.52. The third-order valence-electron chi connectivity index (χ3n) is 2.58. The van der Waals surface area contributed by atoms with Gasteiger partial charge in [-0.15, -0.1) is 0 Å². The fourth-order valence-electron chi connectivity index (χ4n) is 1.66. The molecule has 14 heavy (non-hydrogen) atoms. The number of hydrogen-bond donors (Lipinski definition) is 2. The zero-order valence-electron chi connectivity index (χ0n) is 8.20. The van der Waals surface area contributed by atoms with Crippen molar-refractivity contribution in [2.75, 3.05) is 0 Å². The summed E-state index contributed by atoms with van der Waals surface area (Å²) >= 11 is 0. The van der Waals surface area contributed by atoms with E-state index < -0.39 is 23.5 Å². The van der Waals surface area contributed by atoms with E-state index in [2.05, 4.69) is 0 Å². The fourth-order valence-corrected chi connectivity index (χ4v) is 1.66. The van der Waals surface area contributed by atoms with E-state index in [1.807, 2.05) is 0 Å². The van der Waals surface area contributed by atoms with Crippen molar-refractivity contribution in [2.24, 2.45) is 5.92 Å². The summed E-state index contributed by atoms with van der Waals surface area (Å²) in [5.41, 5.74) is -1.22. The highest BCUT2D eigenvalue weighted by atomic mass is 16.5. The summed E-state index contributed by atoms with van der Waals surface area (Å²) in [7, 11) is 0. The average molecular weight is 200 g/mol. The van der Waals surface area contributed by atoms with Crippen LogP contribution in [-0.4, -0.2) is 27.8 Å². The first kappa shape index (κ1) is 10.6. The highest BCUT2D eigenvalue weighted by molar-refractivity contribution is 5.88. The van der Waals surface area contributed by atoms with Crippen molar-refractivity contribution in [1.29, 1.82) is 0 Å². The van der Waals surface area contributed by atoms with Gasteiger partial charge in [0.25, 0.3) is 0 Å². The van der Waals surface area contributed by atoms with Crippen molar-refractivity contribution in [1.82, 2.24) is 0 Å². The van der Waals surface area contributed by atoms with Crippen molar-refractivity contribution in [3.8, 4) is 0 Å². The first-order valence-corrected chi connectivity index (χ1v) is 4.13. The molecule has 1 heterocycles. The van der Waals surface area contributed by atoms with Crippen LogP contribution in [0.1, 0.15) is 20.8 Å². The highest BCUT2D eigenvalue weighted by Crippen LogP contribution is 2.39. The molecule has 0 aromatic rings. The molecule has 5 heteroatoms. The fraction of sp³-hybridized carbons (Fsp3) is 0.556. The molecule has 0 radical (unpaired) electrons. The lowest BCUT2D eigenvalue weighted by Gasteiger charge is -2.24. The summed E-state index contributed by atoms with van der Waals surface area (Å²) in [5.74, 6) is -3.17. The van der Waals surface area contributed by atoms with Crippen molar-refractivity contribution < 1.29 is 24.5 Å². The molecule has 2 atom stereocenters. The quantitative estimate of drug-likeness (QED) is 0.690. The molecule has 0 saturated heterocycles. The molecule has 0 aromatic heterocycles. The Kier molecular flexibility index (Phi) is 2.27. The molecule has 0 bridgehead atoms. The molecule has 1 aliphatic heterocycles. The van der Waals surface area contributed by atoms with Crippen LogP contribution in [0.4, 0.5) is 0 Å². The van der Waals surface area contributed by atoms with E-state index in [1.54, 1.807) is 13.8 Å². The predicted octanol–water partition coefficient (Wildman–Crippen LogP) is 0.855. The SMILES string of the molecule is CC1=C(C)C(C(=O)O)C(C)(C(=O)O)O1. The van der Waals surface area contributed by atoms with Gasteiger partial charge in [0.1, 0.15) is 5.92 Å². The average Bonchev–Trinajstić information content (AvgIpc) is 2.24. The molecule has 0 aromatic carbocycles. The Balaban J connectivity index is 3.18. The molecule has 5 nitrogen and oxygen atoms in total. The first-order chi connectivity index (χ1) is 6.30. The number of carboxylic acid groups (broad SMARTS) is 2. The lowest BCUT2D eigenvalue weighted by molar-refractivity contribution is -0.167. The van der Waals surface area contributed by atoms with Crippen LogP contribution in [0, 0.1) is 5.92 Å². The molecule has 78 valence electrons. The molecule has 1 rings (SSSR count). The minimum absolute atomic E-state index is 0.377. The Labute approximate surface area is 81.0 Å². The van der Waals surface area contributed by atoms with Gasteiger partial charge in [-0.25, -0.2) is 4.79 Å². The number of ether oxygens (including phenoxy) is 1. The Morgan fingerprint density at radius 2 is 1.86 bits per heavy atom. The smallest absolute Gasteiger partial charge is 0.349 e. The lowest BCUT2D eigenvalue weighted by atomic mass is 9.85. The third kappa shape index (κ3) is 1.25. The number of rotatable bonds is 2. The molecule has 0 fully saturated rings. The van der Waals surface area contributed by atoms with Gasteiger partial charge in [0, 0.05) is 0 Å². The zero-order chi connectivity index (χ0) is 11.1. The molecule has 2 N–H and O–H groups in total. The molecule has 1 aliphatic rings. The van der Waals surface area contributed by atoms with E-state index in [9.17, 15) is 9.59 Å². The van der Waals surface area contributed by atoms with Crippen molar-refractivity contribution in [3.63, 3.8) is 0 Å². The van der Waals surface area contributed by atoms with Gasteiger partial charge in [0.05, 0.1) is 5.76 Å². The Bertz CT molecular complexity index is 330. The molecule has 0 saturated carbocycles. The van der Waals surface area contributed by atoms with Crippen LogP contribution in [0.15, 0.2) is 11.3 Å². The van der Waals surface area contributed by atoms with Gasteiger partial charge in [0.2, 0.25) is 5.60 Å². The Hall–Kier alpha value is -1.52. The number of hydrogen-bond acceptors (Lipinski definition) is 3. The van der Waals surface area contributed by atoms with Crippen LogP contribution < -0.4 is 0 Å². The van der Waals surface area contributed by atoms with E-state index in [0.717, 1.165) is 0 Å². The number of allylic oxidation sites excluding steroid dienone is 1. The largest absolute Gasteiger partial charge is 0.481 e. The van der Waals surface area contributed by atoms with Crippen molar-refractivity contribution in [2.45, 2.75) is 26.4 Å².